The average Bonchev–Trinajstić information content (AvgIpc) is 2.73. The Labute approximate surface area is 117 Å². The Kier molecular flexibility index (Phi) is 5.12. The molecule has 0 aliphatic carbocycles. The summed E-state index contributed by atoms with van der Waals surface area (Å²) in [7, 11) is 0. The first-order valence-corrected chi connectivity index (χ1v) is 6.45. The lowest BCUT2D eigenvalue weighted by Gasteiger charge is -2.22. The first-order chi connectivity index (χ1) is 9.21. The largest absolute Gasteiger partial charge is 0.481 e. The summed E-state index contributed by atoms with van der Waals surface area (Å²) < 4.78 is 6.80. The molecule has 0 aliphatic rings. The van der Waals surface area contributed by atoms with Crippen molar-refractivity contribution in [3.05, 3.63) is 18.0 Å². The van der Waals surface area contributed by atoms with Crippen LogP contribution in [0, 0.1) is 0 Å². The molecule has 0 saturated heterocycles. The smallest absolute Gasteiger partial charge is 0.408 e. The second kappa shape index (κ2) is 6.40. The highest BCUT2D eigenvalue weighted by molar-refractivity contribution is 5.72. The molecular weight excluding hydrogens is 262 g/mol. The van der Waals surface area contributed by atoms with Crippen molar-refractivity contribution in [2.24, 2.45) is 0 Å². The van der Waals surface area contributed by atoms with Crippen LogP contribution in [0.5, 0.6) is 0 Å². The lowest BCUT2D eigenvalue weighted by molar-refractivity contribution is -0.137. The number of ether oxygens (including phenoxy) is 1. The van der Waals surface area contributed by atoms with E-state index in [0.717, 1.165) is 0 Å². The van der Waals surface area contributed by atoms with Gasteiger partial charge >= 0.3 is 12.1 Å². The summed E-state index contributed by atoms with van der Waals surface area (Å²) in [5.41, 5.74) is 0.00551. The summed E-state index contributed by atoms with van der Waals surface area (Å²) >= 11 is 0. The fourth-order valence-corrected chi connectivity index (χ4v) is 1.61. The van der Waals surface area contributed by atoms with Gasteiger partial charge in [0.2, 0.25) is 0 Å². The molecule has 0 spiro atoms. The highest BCUT2D eigenvalue weighted by Gasteiger charge is 2.23. The maximum absolute atomic E-state index is 11.7. The molecule has 112 valence electrons. The van der Waals surface area contributed by atoms with E-state index in [0.29, 0.717) is 12.1 Å². The number of nitrogens with zero attached hydrogens (tertiary/aromatic N) is 2. The van der Waals surface area contributed by atoms with E-state index in [1.807, 2.05) is 6.92 Å². The van der Waals surface area contributed by atoms with Gasteiger partial charge in [0.15, 0.2) is 0 Å². The predicted molar refractivity (Wildman–Crippen MR) is 72.3 cm³/mol. The average molecular weight is 283 g/mol. The number of carbonyl (C=O) groups excluding carboxylic acids is 1. The van der Waals surface area contributed by atoms with Crippen LogP contribution in [0.2, 0.25) is 0 Å². The monoisotopic (exact) mass is 283 g/mol. The number of aromatic nitrogens is 2. The van der Waals surface area contributed by atoms with Gasteiger partial charge in [0.05, 0.1) is 18.7 Å². The minimum atomic E-state index is -1.00. The molecule has 1 aromatic heterocycles. The van der Waals surface area contributed by atoms with Crippen molar-refractivity contribution in [1.82, 2.24) is 15.1 Å². The number of hydrogen-bond acceptors (Lipinski definition) is 4. The number of aryl methyl sites for hydroxylation is 1. The van der Waals surface area contributed by atoms with Gasteiger partial charge in [-0.2, -0.15) is 5.10 Å². The molecule has 0 aliphatic heterocycles. The first kappa shape index (κ1) is 16.0. The van der Waals surface area contributed by atoms with Crippen LogP contribution < -0.4 is 5.32 Å². The third-order valence-electron chi connectivity index (χ3n) is 2.45. The summed E-state index contributed by atoms with van der Waals surface area (Å²) in [5, 5.41) is 15.6. The van der Waals surface area contributed by atoms with E-state index in [4.69, 9.17) is 9.84 Å². The van der Waals surface area contributed by atoms with Crippen LogP contribution in [0.4, 0.5) is 4.79 Å². The summed E-state index contributed by atoms with van der Waals surface area (Å²) in [6.07, 6.45) is 2.39. The molecule has 0 radical (unpaired) electrons. The fourth-order valence-electron chi connectivity index (χ4n) is 1.61. The van der Waals surface area contributed by atoms with Crippen molar-refractivity contribution in [2.45, 2.75) is 52.3 Å². The second-order valence-electron chi connectivity index (χ2n) is 5.43. The van der Waals surface area contributed by atoms with Crippen molar-refractivity contribution in [2.75, 3.05) is 0 Å². The van der Waals surface area contributed by atoms with Crippen molar-refractivity contribution in [3.63, 3.8) is 0 Å². The van der Waals surface area contributed by atoms with Crippen LogP contribution in [0.25, 0.3) is 0 Å². The van der Waals surface area contributed by atoms with E-state index in [-0.39, 0.29) is 6.42 Å². The number of carboxylic acid groups (broad SMARTS) is 1. The van der Waals surface area contributed by atoms with Gasteiger partial charge < -0.3 is 15.2 Å². The second-order valence-corrected chi connectivity index (χ2v) is 5.43. The van der Waals surface area contributed by atoms with Gasteiger partial charge in [0, 0.05) is 18.3 Å². The van der Waals surface area contributed by atoms with E-state index >= 15 is 0 Å². The molecule has 1 rings (SSSR count). The Balaban J connectivity index is 2.79. The van der Waals surface area contributed by atoms with Gasteiger partial charge in [-0.25, -0.2) is 4.79 Å². The highest BCUT2D eigenvalue weighted by Crippen LogP contribution is 2.17. The maximum atomic E-state index is 11.7. The van der Waals surface area contributed by atoms with Crippen molar-refractivity contribution >= 4 is 12.1 Å². The molecule has 0 aromatic carbocycles. The van der Waals surface area contributed by atoms with Crippen molar-refractivity contribution < 1.29 is 19.4 Å². The van der Waals surface area contributed by atoms with Gasteiger partial charge in [0.25, 0.3) is 0 Å². The molecule has 1 amide bonds. The summed E-state index contributed by atoms with van der Waals surface area (Å²) in [4.78, 5) is 22.7. The van der Waals surface area contributed by atoms with Crippen LogP contribution >= 0.6 is 0 Å². The number of rotatable bonds is 5. The normalized spacial score (nSPS) is 12.8. The van der Waals surface area contributed by atoms with E-state index in [2.05, 4.69) is 10.4 Å². The molecule has 20 heavy (non-hydrogen) atoms. The number of carboxylic acids is 1. The van der Waals surface area contributed by atoms with Crippen LogP contribution in [-0.2, 0) is 16.1 Å². The Bertz CT molecular complexity index is 476. The van der Waals surface area contributed by atoms with Crippen molar-refractivity contribution in [3.8, 4) is 0 Å². The number of aliphatic carboxylic acids is 1. The molecule has 2 N–H and O–H groups in total. The zero-order valence-corrected chi connectivity index (χ0v) is 12.2. The van der Waals surface area contributed by atoms with Crippen molar-refractivity contribution in [1.29, 1.82) is 0 Å². The Morgan fingerprint density at radius 2 is 2.15 bits per heavy atom. The molecule has 0 bridgehead atoms. The zero-order chi connectivity index (χ0) is 15.3. The predicted octanol–water partition coefficient (Wildman–Crippen LogP) is 1.94. The quantitative estimate of drug-likeness (QED) is 0.861. The SMILES string of the molecule is CCn1cc(C(CC(=O)O)NC(=O)OC(C)(C)C)cn1. The molecule has 1 unspecified atom stereocenters. The van der Waals surface area contributed by atoms with Gasteiger partial charge in [-0.3, -0.25) is 9.48 Å². The van der Waals surface area contributed by atoms with E-state index in [1.54, 1.807) is 37.8 Å². The highest BCUT2D eigenvalue weighted by atomic mass is 16.6. The van der Waals surface area contributed by atoms with Gasteiger partial charge in [0.1, 0.15) is 5.60 Å². The minimum Gasteiger partial charge on any atom is -0.481 e. The molecule has 0 saturated carbocycles. The minimum absolute atomic E-state index is 0.228. The summed E-state index contributed by atoms with van der Waals surface area (Å²) in [6, 6.07) is -0.664. The number of carbonyl (C=O) groups is 2. The third-order valence-corrected chi connectivity index (χ3v) is 2.45. The molecule has 0 fully saturated rings. The van der Waals surface area contributed by atoms with Gasteiger partial charge in [-0.1, -0.05) is 0 Å². The zero-order valence-electron chi connectivity index (χ0n) is 12.2. The number of hydrogen-bond donors (Lipinski definition) is 2. The summed E-state index contributed by atoms with van der Waals surface area (Å²) in [6.45, 7) is 7.83. The molecular formula is C13H21N3O4. The number of amides is 1. The Hall–Kier alpha value is -2.05. The summed E-state index contributed by atoms with van der Waals surface area (Å²) in [5.74, 6) is -1.00. The number of alkyl carbamates (subject to hydrolysis) is 1. The molecule has 1 heterocycles. The molecule has 7 heteroatoms. The Morgan fingerprint density at radius 1 is 1.50 bits per heavy atom. The third kappa shape index (κ3) is 5.29. The van der Waals surface area contributed by atoms with Crippen LogP contribution in [0.15, 0.2) is 12.4 Å². The lowest BCUT2D eigenvalue weighted by atomic mass is 10.1. The van der Waals surface area contributed by atoms with Gasteiger partial charge in [-0.15, -0.1) is 0 Å². The van der Waals surface area contributed by atoms with Crippen LogP contribution in [0.3, 0.4) is 0 Å². The fraction of sp³-hybridized carbons (Fsp3) is 0.615. The standard InChI is InChI=1S/C13H21N3O4/c1-5-16-8-9(7-14-16)10(6-11(17)18)15-12(19)20-13(2,3)4/h7-8,10H,5-6H2,1-4H3,(H,15,19)(H,17,18). The topological polar surface area (TPSA) is 93.5 Å². The van der Waals surface area contributed by atoms with E-state index in [1.165, 1.54) is 0 Å². The van der Waals surface area contributed by atoms with Crippen LogP contribution in [-0.4, -0.2) is 32.6 Å². The van der Waals surface area contributed by atoms with E-state index in [9.17, 15) is 9.59 Å². The Morgan fingerprint density at radius 3 is 2.60 bits per heavy atom. The number of nitrogens with one attached hydrogen (secondary N) is 1. The van der Waals surface area contributed by atoms with Gasteiger partial charge in [-0.05, 0) is 27.7 Å². The van der Waals surface area contributed by atoms with E-state index < -0.39 is 23.7 Å². The first-order valence-electron chi connectivity index (χ1n) is 6.45. The molecule has 7 nitrogen and oxygen atoms in total. The molecule has 1 atom stereocenters. The lowest BCUT2D eigenvalue weighted by Crippen LogP contribution is -2.35. The maximum Gasteiger partial charge on any atom is 0.408 e. The molecule has 1 aromatic rings. The van der Waals surface area contributed by atoms with Crippen LogP contribution in [0.1, 0.15) is 45.7 Å².